The average molecular weight is 890 g/mol. The minimum atomic E-state index is 0.883. The van der Waals surface area contributed by atoms with Crippen molar-refractivity contribution >= 4 is 65.3 Å². The summed E-state index contributed by atoms with van der Waals surface area (Å²) in [5, 5.41) is 9.70. The molecule has 2 aromatic heterocycles. The number of hydrogen-bond donors (Lipinski definition) is 0. The summed E-state index contributed by atoms with van der Waals surface area (Å²) in [5.41, 5.74) is 19.4. The van der Waals surface area contributed by atoms with Crippen molar-refractivity contribution in [1.29, 1.82) is 0 Å². The van der Waals surface area contributed by atoms with Crippen LogP contribution in [0.4, 0.5) is 0 Å². The molecular formula is C68H43NO. The normalized spacial score (nSPS) is 11.7. The van der Waals surface area contributed by atoms with Gasteiger partial charge in [0.05, 0.1) is 11.0 Å². The summed E-state index contributed by atoms with van der Waals surface area (Å²) in [6.45, 7) is 0. The van der Waals surface area contributed by atoms with Crippen molar-refractivity contribution in [1.82, 2.24) is 4.57 Å². The Morgan fingerprint density at radius 1 is 0.243 bits per heavy atom. The Balaban J connectivity index is 0.877. The maximum atomic E-state index is 6.80. The summed E-state index contributed by atoms with van der Waals surface area (Å²) in [4.78, 5) is 0. The van der Waals surface area contributed by atoms with Gasteiger partial charge in [0.2, 0.25) is 0 Å². The lowest BCUT2D eigenvalue weighted by Gasteiger charge is -2.18. The molecule has 0 saturated carbocycles. The van der Waals surface area contributed by atoms with E-state index >= 15 is 0 Å². The highest BCUT2D eigenvalue weighted by atomic mass is 16.3. The van der Waals surface area contributed by atoms with Crippen molar-refractivity contribution in [2.75, 3.05) is 0 Å². The van der Waals surface area contributed by atoms with Crippen molar-refractivity contribution < 1.29 is 4.42 Å². The van der Waals surface area contributed by atoms with Gasteiger partial charge in [0.1, 0.15) is 11.2 Å². The Hall–Kier alpha value is -9.24. The van der Waals surface area contributed by atoms with E-state index in [-0.39, 0.29) is 0 Å². The summed E-state index contributed by atoms with van der Waals surface area (Å²) in [6, 6.07) is 94.8. The van der Waals surface area contributed by atoms with E-state index in [1.165, 1.54) is 82.3 Å². The quantitative estimate of drug-likeness (QED) is 0.146. The van der Waals surface area contributed by atoms with E-state index in [1.54, 1.807) is 0 Å². The van der Waals surface area contributed by atoms with Gasteiger partial charge < -0.3 is 8.98 Å². The largest absolute Gasteiger partial charge is 0.455 e. The van der Waals surface area contributed by atoms with Crippen LogP contribution in [-0.4, -0.2) is 4.57 Å². The topological polar surface area (TPSA) is 18.1 Å². The zero-order chi connectivity index (χ0) is 46.1. The van der Waals surface area contributed by atoms with Gasteiger partial charge in [0.25, 0.3) is 0 Å². The number of benzene rings is 12. The van der Waals surface area contributed by atoms with Gasteiger partial charge in [-0.05, 0) is 143 Å². The van der Waals surface area contributed by atoms with Crippen LogP contribution in [0.2, 0.25) is 0 Å². The van der Waals surface area contributed by atoms with E-state index in [0.29, 0.717) is 0 Å². The Morgan fingerprint density at radius 2 is 0.686 bits per heavy atom. The highest BCUT2D eigenvalue weighted by Gasteiger charge is 2.20. The van der Waals surface area contributed by atoms with Gasteiger partial charge >= 0.3 is 0 Å². The molecule has 0 fully saturated rings. The third kappa shape index (κ3) is 6.49. The van der Waals surface area contributed by atoms with E-state index in [2.05, 4.69) is 265 Å². The molecule has 12 aromatic carbocycles. The number of aromatic nitrogens is 1. The molecule has 0 bridgehead atoms. The Morgan fingerprint density at radius 3 is 1.34 bits per heavy atom. The molecule has 2 nitrogen and oxygen atoms in total. The van der Waals surface area contributed by atoms with Crippen LogP contribution in [0.5, 0.6) is 0 Å². The van der Waals surface area contributed by atoms with Crippen LogP contribution in [0.25, 0.3) is 138 Å². The van der Waals surface area contributed by atoms with E-state index in [1.807, 2.05) is 0 Å². The number of hydrogen-bond acceptors (Lipinski definition) is 1. The molecule has 326 valence electrons. The number of nitrogens with zero attached hydrogens (tertiary/aromatic N) is 1. The molecule has 0 aliphatic heterocycles. The molecule has 2 heteroatoms. The monoisotopic (exact) mass is 889 g/mol. The van der Waals surface area contributed by atoms with Crippen molar-refractivity contribution in [2.45, 2.75) is 0 Å². The average Bonchev–Trinajstić information content (AvgIpc) is 3.98. The predicted octanol–water partition coefficient (Wildman–Crippen LogP) is 19.0. The molecule has 0 aliphatic rings. The zero-order valence-electron chi connectivity index (χ0n) is 38.2. The maximum Gasteiger partial charge on any atom is 0.143 e. The standard InChI is InChI=1S/C68H43NO/c1-4-17-44(18-5-1)49-34-38-65-61(41-49)62-43-52(45-19-6-2-7-20-45)42-59(68(62)70-65)51-24-16-23-48(39-51)50-33-37-64-60(40-50)54-25-14-15-30-63(54)69(64)53-35-31-47(32-36-53)67-57-28-12-10-26-55(57)66(46-21-8-3-9-22-46)56-27-11-13-29-58(56)67/h1-43H. The van der Waals surface area contributed by atoms with Gasteiger partial charge in [-0.1, -0.05) is 200 Å². The molecule has 14 rings (SSSR count). The molecule has 0 unspecified atom stereocenters. The molecule has 0 radical (unpaired) electrons. The van der Waals surface area contributed by atoms with Crippen molar-refractivity contribution in [3.05, 3.63) is 261 Å². The second kappa shape index (κ2) is 16.2. The molecule has 0 amide bonds. The lowest BCUT2D eigenvalue weighted by atomic mass is 9.86. The first-order valence-electron chi connectivity index (χ1n) is 24.1. The lowest BCUT2D eigenvalue weighted by Crippen LogP contribution is -1.94. The van der Waals surface area contributed by atoms with E-state index in [0.717, 1.165) is 55.4 Å². The van der Waals surface area contributed by atoms with Gasteiger partial charge in [-0.15, -0.1) is 0 Å². The summed E-state index contributed by atoms with van der Waals surface area (Å²) in [7, 11) is 0. The third-order valence-corrected chi connectivity index (χ3v) is 14.4. The van der Waals surface area contributed by atoms with Gasteiger partial charge in [-0.3, -0.25) is 0 Å². The molecule has 0 saturated heterocycles. The molecule has 0 atom stereocenters. The first-order valence-corrected chi connectivity index (χ1v) is 24.1. The van der Waals surface area contributed by atoms with Crippen LogP contribution in [0.1, 0.15) is 0 Å². The second-order valence-corrected chi connectivity index (χ2v) is 18.4. The van der Waals surface area contributed by atoms with Crippen LogP contribution in [-0.2, 0) is 0 Å². The molecule has 0 aliphatic carbocycles. The Labute approximate surface area is 405 Å². The lowest BCUT2D eigenvalue weighted by molar-refractivity contribution is 0.670. The van der Waals surface area contributed by atoms with Crippen molar-refractivity contribution in [2.24, 2.45) is 0 Å². The molecule has 14 aromatic rings. The number of para-hydroxylation sites is 1. The van der Waals surface area contributed by atoms with E-state index in [4.69, 9.17) is 4.42 Å². The van der Waals surface area contributed by atoms with Crippen molar-refractivity contribution in [3.63, 3.8) is 0 Å². The van der Waals surface area contributed by atoms with E-state index < -0.39 is 0 Å². The van der Waals surface area contributed by atoms with Crippen LogP contribution >= 0.6 is 0 Å². The number of rotatable bonds is 7. The van der Waals surface area contributed by atoms with Crippen LogP contribution in [0, 0.1) is 0 Å². The van der Waals surface area contributed by atoms with Gasteiger partial charge in [0.15, 0.2) is 0 Å². The highest BCUT2D eigenvalue weighted by molar-refractivity contribution is 6.21. The fourth-order valence-corrected chi connectivity index (χ4v) is 11.1. The number of fused-ring (bicyclic) bond motifs is 8. The zero-order valence-corrected chi connectivity index (χ0v) is 38.2. The minimum Gasteiger partial charge on any atom is -0.455 e. The fraction of sp³-hybridized carbons (Fsp3) is 0. The highest BCUT2D eigenvalue weighted by Crippen LogP contribution is 2.45. The maximum absolute atomic E-state index is 6.80. The molecule has 0 N–H and O–H groups in total. The fourth-order valence-electron chi connectivity index (χ4n) is 11.1. The van der Waals surface area contributed by atoms with Crippen LogP contribution in [0.15, 0.2) is 265 Å². The van der Waals surface area contributed by atoms with Crippen LogP contribution in [0.3, 0.4) is 0 Å². The summed E-state index contributed by atoms with van der Waals surface area (Å²) in [6.07, 6.45) is 0. The predicted molar refractivity (Wildman–Crippen MR) is 296 cm³/mol. The van der Waals surface area contributed by atoms with E-state index in [9.17, 15) is 0 Å². The number of furan rings is 1. The Kier molecular flexibility index (Phi) is 9.25. The van der Waals surface area contributed by atoms with Gasteiger partial charge in [-0.2, -0.15) is 0 Å². The third-order valence-electron chi connectivity index (χ3n) is 14.4. The Bertz CT molecular complexity index is 4260. The second-order valence-electron chi connectivity index (χ2n) is 18.4. The molecular weight excluding hydrogens is 847 g/mol. The SMILES string of the molecule is c1ccc(-c2ccc3oc4c(-c5cccc(-c6ccc7c(c6)c6ccccc6n7-c6ccc(-c7c8ccccc8c(-c8ccccc8)c8ccccc78)cc6)c5)cc(-c5ccccc5)cc4c3c2)cc1. The first kappa shape index (κ1) is 39.9. The van der Waals surface area contributed by atoms with Gasteiger partial charge in [-0.25, -0.2) is 0 Å². The van der Waals surface area contributed by atoms with Gasteiger partial charge in [0, 0.05) is 32.8 Å². The minimum absolute atomic E-state index is 0.883. The summed E-state index contributed by atoms with van der Waals surface area (Å²) < 4.78 is 9.22. The summed E-state index contributed by atoms with van der Waals surface area (Å²) >= 11 is 0. The van der Waals surface area contributed by atoms with Crippen molar-refractivity contribution in [3.8, 4) is 72.4 Å². The molecule has 2 heterocycles. The smallest absolute Gasteiger partial charge is 0.143 e. The molecule has 70 heavy (non-hydrogen) atoms. The summed E-state index contributed by atoms with van der Waals surface area (Å²) in [5.74, 6) is 0. The molecule has 0 spiro atoms. The van der Waals surface area contributed by atoms with Crippen LogP contribution < -0.4 is 0 Å². The first-order chi connectivity index (χ1) is 34.7.